The summed E-state index contributed by atoms with van der Waals surface area (Å²) in [6.07, 6.45) is 2.13. The molecule has 158 valence electrons. The van der Waals surface area contributed by atoms with Crippen LogP contribution in [0.5, 0.6) is 5.75 Å². The summed E-state index contributed by atoms with van der Waals surface area (Å²) >= 11 is 0. The van der Waals surface area contributed by atoms with Gasteiger partial charge in [0.05, 0.1) is 6.04 Å². The van der Waals surface area contributed by atoms with Crippen LogP contribution in [-0.4, -0.2) is 33.7 Å². The van der Waals surface area contributed by atoms with Gasteiger partial charge >= 0.3 is 0 Å². The first-order chi connectivity index (χ1) is 14.3. The highest BCUT2D eigenvalue weighted by Crippen LogP contribution is 2.22. The first-order valence-electron chi connectivity index (χ1n) is 9.73. The third-order valence-electron chi connectivity index (χ3n) is 4.55. The van der Waals surface area contributed by atoms with Crippen molar-refractivity contribution in [3.63, 3.8) is 0 Å². The maximum Gasteiger partial charge on any atom is 0.227 e. The predicted molar refractivity (Wildman–Crippen MR) is 109 cm³/mol. The van der Waals surface area contributed by atoms with Gasteiger partial charge in [-0.1, -0.05) is 44.1 Å². The standard InChI is InChI=1S/C22H25FN4O3/c1-22(2,3)18(14-29-17-10-5-4-8-15(17)23)25-19(28)11-12-20-26-21(27-30-20)16-9-6-7-13-24-16/h4-10,13,18H,11-12,14H2,1-3H3,(H,25,28). The number of aryl methyl sites for hydroxylation is 1. The normalized spacial score (nSPS) is 12.4. The summed E-state index contributed by atoms with van der Waals surface area (Å²) in [5.41, 5.74) is 0.326. The number of rotatable bonds is 8. The van der Waals surface area contributed by atoms with Crippen molar-refractivity contribution in [2.45, 2.75) is 39.7 Å². The average molecular weight is 412 g/mol. The Morgan fingerprint density at radius 3 is 2.67 bits per heavy atom. The van der Waals surface area contributed by atoms with Crippen molar-refractivity contribution >= 4 is 5.91 Å². The monoisotopic (exact) mass is 412 g/mol. The zero-order valence-corrected chi connectivity index (χ0v) is 17.3. The van der Waals surface area contributed by atoms with Gasteiger partial charge in [0.25, 0.3) is 0 Å². The Bertz CT molecular complexity index is 970. The molecule has 1 N–H and O–H groups in total. The highest BCUT2D eigenvalue weighted by Gasteiger charge is 2.27. The molecule has 1 amide bonds. The highest BCUT2D eigenvalue weighted by atomic mass is 19.1. The molecule has 0 bridgehead atoms. The van der Waals surface area contributed by atoms with E-state index >= 15 is 0 Å². The van der Waals surface area contributed by atoms with E-state index < -0.39 is 5.82 Å². The molecule has 3 rings (SSSR count). The fourth-order valence-electron chi connectivity index (χ4n) is 2.69. The number of nitrogens with zero attached hydrogens (tertiary/aromatic N) is 3. The number of hydrogen-bond donors (Lipinski definition) is 1. The second-order valence-electron chi connectivity index (χ2n) is 7.95. The topological polar surface area (TPSA) is 90.1 Å². The van der Waals surface area contributed by atoms with Crippen LogP contribution >= 0.6 is 0 Å². The molecule has 1 unspecified atom stereocenters. The zero-order chi connectivity index (χ0) is 21.6. The Morgan fingerprint density at radius 1 is 1.20 bits per heavy atom. The molecule has 30 heavy (non-hydrogen) atoms. The molecule has 0 spiro atoms. The molecular formula is C22H25FN4O3. The first kappa shape index (κ1) is 21.4. The van der Waals surface area contributed by atoms with E-state index in [0.29, 0.717) is 23.8 Å². The van der Waals surface area contributed by atoms with Gasteiger partial charge in [0.15, 0.2) is 11.6 Å². The lowest BCUT2D eigenvalue weighted by molar-refractivity contribution is -0.123. The maximum atomic E-state index is 13.8. The van der Waals surface area contributed by atoms with Crippen LogP contribution in [0.2, 0.25) is 0 Å². The van der Waals surface area contributed by atoms with Crippen molar-refractivity contribution in [3.05, 3.63) is 60.4 Å². The average Bonchev–Trinajstić information content (AvgIpc) is 3.19. The van der Waals surface area contributed by atoms with Crippen LogP contribution in [0, 0.1) is 11.2 Å². The molecule has 7 nitrogen and oxygen atoms in total. The van der Waals surface area contributed by atoms with E-state index in [1.165, 1.54) is 6.07 Å². The number of nitrogens with one attached hydrogen (secondary N) is 1. The summed E-state index contributed by atoms with van der Waals surface area (Å²) in [6, 6.07) is 11.3. The van der Waals surface area contributed by atoms with E-state index in [1.54, 1.807) is 36.5 Å². The van der Waals surface area contributed by atoms with Crippen LogP contribution in [0.15, 0.2) is 53.2 Å². The Hall–Kier alpha value is -3.29. The molecule has 0 aliphatic heterocycles. The lowest BCUT2D eigenvalue weighted by Gasteiger charge is -2.31. The molecule has 2 aromatic heterocycles. The van der Waals surface area contributed by atoms with Gasteiger partial charge < -0.3 is 14.6 Å². The fraction of sp³-hybridized carbons (Fsp3) is 0.364. The maximum absolute atomic E-state index is 13.8. The molecule has 0 radical (unpaired) electrons. The van der Waals surface area contributed by atoms with Gasteiger partial charge in [0.2, 0.25) is 17.6 Å². The van der Waals surface area contributed by atoms with Crippen molar-refractivity contribution in [2.75, 3.05) is 6.61 Å². The van der Waals surface area contributed by atoms with Crippen molar-refractivity contribution in [1.29, 1.82) is 0 Å². The van der Waals surface area contributed by atoms with Crippen LogP contribution in [0.1, 0.15) is 33.1 Å². The number of benzene rings is 1. The van der Waals surface area contributed by atoms with E-state index in [4.69, 9.17) is 9.26 Å². The van der Waals surface area contributed by atoms with Gasteiger partial charge in [-0.25, -0.2) is 4.39 Å². The van der Waals surface area contributed by atoms with E-state index in [-0.39, 0.29) is 36.1 Å². The quantitative estimate of drug-likeness (QED) is 0.605. The largest absolute Gasteiger partial charge is 0.488 e. The molecule has 0 fully saturated rings. The summed E-state index contributed by atoms with van der Waals surface area (Å²) < 4.78 is 24.6. The Labute approximate surface area is 174 Å². The molecule has 3 aromatic rings. The number of aromatic nitrogens is 3. The van der Waals surface area contributed by atoms with Crippen molar-refractivity contribution < 1.29 is 18.4 Å². The third-order valence-corrected chi connectivity index (χ3v) is 4.55. The molecule has 8 heteroatoms. The van der Waals surface area contributed by atoms with Crippen molar-refractivity contribution in [3.8, 4) is 17.3 Å². The number of amides is 1. The van der Waals surface area contributed by atoms with Gasteiger partial charge in [-0.2, -0.15) is 4.98 Å². The van der Waals surface area contributed by atoms with Gasteiger partial charge in [-0.15, -0.1) is 0 Å². The molecule has 1 aromatic carbocycles. The fourth-order valence-corrected chi connectivity index (χ4v) is 2.69. The highest BCUT2D eigenvalue weighted by molar-refractivity contribution is 5.76. The SMILES string of the molecule is CC(C)(C)C(COc1ccccc1F)NC(=O)CCc1nc(-c2ccccn2)no1. The van der Waals surface area contributed by atoms with Crippen LogP contribution in [0.3, 0.4) is 0 Å². The Kier molecular flexibility index (Phi) is 6.76. The first-order valence-corrected chi connectivity index (χ1v) is 9.73. The minimum Gasteiger partial charge on any atom is -0.488 e. The summed E-state index contributed by atoms with van der Waals surface area (Å²) in [6.45, 7) is 6.11. The molecule has 0 aliphatic carbocycles. The molecule has 1 atom stereocenters. The van der Waals surface area contributed by atoms with Gasteiger partial charge in [0, 0.05) is 19.0 Å². The number of halogens is 1. The third kappa shape index (κ3) is 5.85. The number of carbonyl (C=O) groups is 1. The van der Waals surface area contributed by atoms with Crippen LogP contribution < -0.4 is 10.1 Å². The smallest absolute Gasteiger partial charge is 0.227 e. The Balaban J connectivity index is 1.54. The van der Waals surface area contributed by atoms with Crippen molar-refractivity contribution in [2.24, 2.45) is 5.41 Å². The van der Waals surface area contributed by atoms with E-state index in [2.05, 4.69) is 20.4 Å². The molecule has 0 aliphatic rings. The number of hydrogen-bond acceptors (Lipinski definition) is 6. The Morgan fingerprint density at radius 2 is 1.97 bits per heavy atom. The van der Waals surface area contributed by atoms with Gasteiger partial charge in [-0.05, 0) is 29.7 Å². The van der Waals surface area contributed by atoms with E-state index in [0.717, 1.165) is 0 Å². The molecule has 0 saturated heterocycles. The van der Waals surface area contributed by atoms with Crippen LogP contribution in [0.25, 0.3) is 11.5 Å². The van der Waals surface area contributed by atoms with Crippen LogP contribution in [-0.2, 0) is 11.2 Å². The second-order valence-corrected chi connectivity index (χ2v) is 7.95. The number of ether oxygens (including phenoxy) is 1. The van der Waals surface area contributed by atoms with E-state index in [9.17, 15) is 9.18 Å². The van der Waals surface area contributed by atoms with Crippen molar-refractivity contribution in [1.82, 2.24) is 20.4 Å². The summed E-state index contributed by atoms with van der Waals surface area (Å²) in [5, 5.41) is 6.87. The van der Waals surface area contributed by atoms with Gasteiger partial charge in [0.1, 0.15) is 12.3 Å². The lowest BCUT2D eigenvalue weighted by Crippen LogP contribution is -2.47. The number of carbonyl (C=O) groups excluding carboxylic acids is 1. The molecule has 0 saturated carbocycles. The lowest BCUT2D eigenvalue weighted by atomic mass is 9.87. The summed E-state index contributed by atoms with van der Waals surface area (Å²) in [5.74, 6) is 0.299. The summed E-state index contributed by atoms with van der Waals surface area (Å²) in [4.78, 5) is 20.9. The zero-order valence-electron chi connectivity index (χ0n) is 17.3. The minimum atomic E-state index is -0.434. The molecule has 2 heterocycles. The summed E-state index contributed by atoms with van der Waals surface area (Å²) in [7, 11) is 0. The van der Waals surface area contributed by atoms with E-state index in [1.807, 2.05) is 26.8 Å². The molecular weight excluding hydrogens is 387 g/mol. The van der Waals surface area contributed by atoms with Gasteiger partial charge in [-0.3, -0.25) is 9.78 Å². The predicted octanol–water partition coefficient (Wildman–Crippen LogP) is 3.81. The minimum absolute atomic E-state index is 0.153. The van der Waals surface area contributed by atoms with Crippen LogP contribution in [0.4, 0.5) is 4.39 Å². The number of pyridine rings is 1. The number of para-hydroxylation sites is 1. The second kappa shape index (κ2) is 9.47.